The predicted molar refractivity (Wildman–Crippen MR) is 47.1 cm³/mol. The van der Waals surface area contributed by atoms with Crippen molar-refractivity contribution in [1.82, 2.24) is 4.90 Å². The van der Waals surface area contributed by atoms with Crippen LogP contribution in [0.15, 0.2) is 23.4 Å². The van der Waals surface area contributed by atoms with E-state index in [-0.39, 0.29) is 0 Å². The molecule has 10 heavy (non-hydrogen) atoms. The molecule has 0 N–H and O–H groups in total. The highest BCUT2D eigenvalue weighted by atomic mass is 35.5. The Kier molecular flexibility index (Phi) is 4.21. The van der Waals surface area contributed by atoms with Crippen LogP contribution in [0.2, 0.25) is 0 Å². The van der Waals surface area contributed by atoms with Crippen LogP contribution in [0, 0.1) is 0 Å². The molecule has 0 atom stereocenters. The Bertz CT molecular complexity index is 147. The van der Waals surface area contributed by atoms with Gasteiger partial charge in [-0.25, -0.2) is 0 Å². The first-order chi connectivity index (χ1) is 4.59. The van der Waals surface area contributed by atoms with Crippen LogP contribution >= 0.6 is 11.6 Å². The van der Waals surface area contributed by atoms with Gasteiger partial charge < -0.3 is 4.90 Å². The molecule has 0 amide bonds. The third-order valence-corrected chi connectivity index (χ3v) is 1.86. The summed E-state index contributed by atoms with van der Waals surface area (Å²) in [5.74, 6) is 0. The first-order valence-electron chi connectivity index (χ1n) is 3.23. The van der Waals surface area contributed by atoms with Gasteiger partial charge in [-0.15, -0.1) is 6.58 Å². The van der Waals surface area contributed by atoms with E-state index in [9.17, 15) is 0 Å². The van der Waals surface area contributed by atoms with Crippen molar-refractivity contribution in [3.8, 4) is 0 Å². The molecule has 0 saturated heterocycles. The fraction of sp³-hybridized carbons (Fsp3) is 0.500. The van der Waals surface area contributed by atoms with Crippen molar-refractivity contribution in [2.75, 3.05) is 14.1 Å². The smallest absolute Gasteiger partial charge is 0.103 e. The van der Waals surface area contributed by atoms with E-state index in [2.05, 4.69) is 6.58 Å². The Hall–Kier alpha value is -0.430. The summed E-state index contributed by atoms with van der Waals surface area (Å²) in [5.41, 5.74) is 1.15. The lowest BCUT2D eigenvalue weighted by atomic mass is 10.2. The van der Waals surface area contributed by atoms with E-state index in [0.29, 0.717) is 0 Å². The van der Waals surface area contributed by atoms with Crippen molar-refractivity contribution >= 4 is 11.6 Å². The van der Waals surface area contributed by atoms with Crippen LogP contribution in [0.4, 0.5) is 0 Å². The van der Waals surface area contributed by atoms with Gasteiger partial charge in [0.15, 0.2) is 0 Å². The van der Waals surface area contributed by atoms with E-state index in [4.69, 9.17) is 11.6 Å². The van der Waals surface area contributed by atoms with Crippen LogP contribution in [0.3, 0.4) is 0 Å². The van der Waals surface area contributed by atoms with Crippen molar-refractivity contribution in [2.45, 2.75) is 13.3 Å². The zero-order chi connectivity index (χ0) is 8.15. The lowest BCUT2D eigenvalue weighted by Crippen LogP contribution is -2.07. The molecule has 0 aliphatic carbocycles. The van der Waals surface area contributed by atoms with Crippen molar-refractivity contribution in [3.05, 3.63) is 23.4 Å². The largest absolute Gasteiger partial charge is 0.369 e. The third kappa shape index (κ3) is 2.92. The lowest BCUT2D eigenvalue weighted by Gasteiger charge is -2.12. The first-order valence-corrected chi connectivity index (χ1v) is 3.61. The summed E-state index contributed by atoms with van der Waals surface area (Å²) in [6, 6.07) is 0. The van der Waals surface area contributed by atoms with Crippen LogP contribution < -0.4 is 0 Å². The Labute approximate surface area is 68.0 Å². The molecule has 0 aliphatic heterocycles. The summed E-state index contributed by atoms with van der Waals surface area (Å²) < 4.78 is 0. The van der Waals surface area contributed by atoms with E-state index in [0.717, 1.165) is 17.2 Å². The average molecular weight is 160 g/mol. The topological polar surface area (TPSA) is 3.24 Å². The molecular weight excluding hydrogens is 146 g/mol. The van der Waals surface area contributed by atoms with Gasteiger partial charge >= 0.3 is 0 Å². The van der Waals surface area contributed by atoms with Crippen molar-refractivity contribution < 1.29 is 0 Å². The lowest BCUT2D eigenvalue weighted by molar-refractivity contribution is 0.539. The zero-order valence-electron chi connectivity index (χ0n) is 6.82. The summed E-state index contributed by atoms with van der Waals surface area (Å²) in [4.78, 5) is 1.89. The molecule has 0 bridgehead atoms. The molecule has 0 unspecified atom stereocenters. The average Bonchev–Trinajstić information content (AvgIpc) is 1.87. The number of halogens is 1. The number of hydrogen-bond donors (Lipinski definition) is 0. The predicted octanol–water partition coefficient (Wildman–Crippen LogP) is 2.59. The van der Waals surface area contributed by atoms with E-state index in [1.54, 1.807) is 0 Å². The van der Waals surface area contributed by atoms with Gasteiger partial charge in [0.1, 0.15) is 5.16 Å². The number of rotatable bonds is 3. The molecule has 58 valence electrons. The molecule has 0 aliphatic rings. The third-order valence-electron chi connectivity index (χ3n) is 1.20. The molecule has 2 heteroatoms. The molecule has 0 radical (unpaired) electrons. The number of nitrogens with zero attached hydrogens (tertiary/aromatic N) is 1. The van der Waals surface area contributed by atoms with Crippen molar-refractivity contribution in [1.29, 1.82) is 0 Å². The molecular formula is C8H14ClN. The highest BCUT2D eigenvalue weighted by molar-refractivity contribution is 6.29. The highest BCUT2D eigenvalue weighted by Gasteiger charge is 1.98. The second-order valence-electron chi connectivity index (χ2n) is 2.46. The van der Waals surface area contributed by atoms with Crippen LogP contribution in [0.1, 0.15) is 13.3 Å². The molecule has 1 nitrogen and oxygen atoms in total. The zero-order valence-corrected chi connectivity index (χ0v) is 7.57. The van der Waals surface area contributed by atoms with Crippen LogP contribution in [0.25, 0.3) is 0 Å². The number of allylic oxidation sites excluding steroid dienone is 2. The monoisotopic (exact) mass is 159 g/mol. The fourth-order valence-electron chi connectivity index (χ4n) is 0.682. The van der Waals surface area contributed by atoms with Gasteiger partial charge in [-0.2, -0.15) is 0 Å². The van der Waals surface area contributed by atoms with Crippen molar-refractivity contribution in [3.63, 3.8) is 0 Å². The first kappa shape index (κ1) is 9.57. The maximum Gasteiger partial charge on any atom is 0.103 e. The van der Waals surface area contributed by atoms with Gasteiger partial charge in [0.05, 0.1) is 0 Å². The second kappa shape index (κ2) is 4.40. The van der Waals surface area contributed by atoms with Gasteiger partial charge in [-0.05, 0) is 18.9 Å². The fourth-order valence-corrected chi connectivity index (χ4v) is 0.760. The summed E-state index contributed by atoms with van der Waals surface area (Å²) in [5, 5.41) is 0.805. The minimum Gasteiger partial charge on any atom is -0.369 e. The summed E-state index contributed by atoms with van der Waals surface area (Å²) in [6.45, 7) is 5.64. The van der Waals surface area contributed by atoms with Gasteiger partial charge in [0.2, 0.25) is 0 Å². The Morgan fingerprint density at radius 1 is 1.60 bits per heavy atom. The van der Waals surface area contributed by atoms with E-state index in [1.807, 2.05) is 32.0 Å². The molecule has 0 aromatic carbocycles. The van der Waals surface area contributed by atoms with Crippen LogP contribution in [-0.2, 0) is 0 Å². The Morgan fingerprint density at radius 2 is 2.10 bits per heavy atom. The Morgan fingerprint density at radius 3 is 2.40 bits per heavy atom. The SMILES string of the molecule is C=CC/C(C)=C(\Cl)N(C)C. The van der Waals surface area contributed by atoms with Gasteiger partial charge in [-0.3, -0.25) is 0 Å². The van der Waals surface area contributed by atoms with Gasteiger partial charge in [0, 0.05) is 14.1 Å². The molecule has 0 heterocycles. The molecule has 0 saturated carbocycles. The van der Waals surface area contributed by atoms with Crippen molar-refractivity contribution in [2.24, 2.45) is 0 Å². The van der Waals surface area contributed by atoms with Crippen LogP contribution in [0.5, 0.6) is 0 Å². The molecule has 0 rings (SSSR count). The normalized spacial score (nSPS) is 12.4. The van der Waals surface area contributed by atoms with E-state index >= 15 is 0 Å². The standard InChI is InChI=1S/C8H14ClN/c1-5-6-7(2)8(9)10(3)4/h5H,1,6H2,2-4H3/b8-7+. The molecule has 0 aromatic heterocycles. The Balaban J connectivity index is 4.18. The maximum atomic E-state index is 5.90. The highest BCUT2D eigenvalue weighted by Crippen LogP contribution is 2.14. The van der Waals surface area contributed by atoms with E-state index in [1.165, 1.54) is 0 Å². The minimum absolute atomic E-state index is 0.805. The van der Waals surface area contributed by atoms with Crippen LogP contribution in [-0.4, -0.2) is 19.0 Å². The quantitative estimate of drug-likeness (QED) is 0.452. The van der Waals surface area contributed by atoms with Gasteiger partial charge in [0.25, 0.3) is 0 Å². The summed E-state index contributed by atoms with van der Waals surface area (Å²) in [7, 11) is 3.85. The minimum atomic E-state index is 0.805. The second-order valence-corrected chi connectivity index (χ2v) is 2.82. The summed E-state index contributed by atoms with van der Waals surface area (Å²) >= 11 is 5.90. The molecule has 0 spiro atoms. The van der Waals surface area contributed by atoms with Gasteiger partial charge in [-0.1, -0.05) is 17.7 Å². The molecule has 0 aromatic rings. The molecule has 0 fully saturated rings. The van der Waals surface area contributed by atoms with E-state index < -0.39 is 0 Å². The summed E-state index contributed by atoms with van der Waals surface area (Å²) in [6.07, 6.45) is 2.71. The number of hydrogen-bond acceptors (Lipinski definition) is 1. The maximum absolute atomic E-state index is 5.90.